The van der Waals surface area contributed by atoms with Gasteiger partial charge in [-0.25, -0.2) is 8.42 Å². The number of hydrogen-bond acceptors (Lipinski definition) is 5. The van der Waals surface area contributed by atoms with Crippen LogP contribution in [0.4, 0.5) is 5.00 Å². The van der Waals surface area contributed by atoms with Gasteiger partial charge in [-0.3, -0.25) is 4.79 Å². The molecule has 0 saturated carbocycles. The number of rotatable bonds is 3. The highest BCUT2D eigenvalue weighted by molar-refractivity contribution is 7.91. The number of carbonyl (C=O) groups excluding carboxylic acids is 1. The van der Waals surface area contributed by atoms with Gasteiger partial charge in [-0.1, -0.05) is 18.2 Å². The third-order valence-corrected chi connectivity index (χ3v) is 5.00. The highest BCUT2D eigenvalue weighted by Crippen LogP contribution is 2.28. The molecule has 0 saturated heterocycles. The molecule has 5 nitrogen and oxygen atoms in total. The Morgan fingerprint density at radius 1 is 1.24 bits per heavy atom. The maximum absolute atomic E-state index is 12.2. The molecule has 1 N–H and O–H groups in total. The van der Waals surface area contributed by atoms with E-state index < -0.39 is 15.7 Å². The first-order valence-electron chi connectivity index (χ1n) is 6.02. The third-order valence-electron chi connectivity index (χ3n) is 2.90. The number of nitrogens with one attached hydrogen (secondary N) is 1. The van der Waals surface area contributed by atoms with Crippen molar-refractivity contribution in [3.05, 3.63) is 47.5 Å². The zero-order chi connectivity index (χ0) is 15.0. The largest absolute Gasteiger partial charge is 0.451 e. The number of benzene rings is 1. The Kier molecular flexibility index (Phi) is 3.30. The zero-order valence-corrected chi connectivity index (χ0v) is 12.6. The lowest BCUT2D eigenvalue weighted by atomic mass is 10.2. The number of carbonyl (C=O) groups is 1. The molecule has 3 rings (SSSR count). The second-order valence-corrected chi connectivity index (χ2v) is 7.39. The van der Waals surface area contributed by atoms with Crippen LogP contribution in [0, 0.1) is 0 Å². The van der Waals surface area contributed by atoms with E-state index in [2.05, 4.69) is 5.32 Å². The van der Waals surface area contributed by atoms with Gasteiger partial charge in [0.15, 0.2) is 15.6 Å². The highest BCUT2D eigenvalue weighted by Gasteiger charge is 2.19. The molecule has 0 aliphatic heterocycles. The number of thiophene rings is 1. The number of furan rings is 1. The molecule has 0 spiro atoms. The predicted molar refractivity (Wildman–Crippen MR) is 81.6 cm³/mol. The maximum Gasteiger partial charge on any atom is 0.292 e. The number of hydrogen-bond donors (Lipinski definition) is 1. The molecule has 2 aromatic heterocycles. The fraction of sp³-hybridized carbons (Fsp3) is 0.0714. The van der Waals surface area contributed by atoms with Crippen LogP contribution in [0.3, 0.4) is 0 Å². The molecule has 0 bridgehead atoms. The lowest BCUT2D eigenvalue weighted by molar-refractivity contribution is 0.0999. The molecule has 3 aromatic rings. The van der Waals surface area contributed by atoms with Gasteiger partial charge in [0, 0.05) is 11.6 Å². The minimum Gasteiger partial charge on any atom is -0.451 e. The summed E-state index contributed by atoms with van der Waals surface area (Å²) < 4.78 is 28.7. The van der Waals surface area contributed by atoms with Crippen molar-refractivity contribution in [3.8, 4) is 0 Å². The molecule has 21 heavy (non-hydrogen) atoms. The number of anilines is 1. The van der Waals surface area contributed by atoms with E-state index in [9.17, 15) is 13.2 Å². The van der Waals surface area contributed by atoms with Crippen molar-refractivity contribution in [2.75, 3.05) is 11.6 Å². The van der Waals surface area contributed by atoms with Gasteiger partial charge in [0.05, 0.1) is 0 Å². The van der Waals surface area contributed by atoms with E-state index >= 15 is 0 Å². The molecule has 0 aliphatic rings. The molecule has 0 fully saturated rings. The normalized spacial score (nSPS) is 11.7. The molecule has 2 heterocycles. The number of sulfone groups is 1. The Morgan fingerprint density at radius 2 is 2.00 bits per heavy atom. The summed E-state index contributed by atoms with van der Waals surface area (Å²) in [5, 5.41) is 5.31. The minimum absolute atomic E-state index is 0.108. The van der Waals surface area contributed by atoms with Crippen LogP contribution in [0.2, 0.25) is 0 Å². The van der Waals surface area contributed by atoms with Crippen molar-refractivity contribution in [1.82, 2.24) is 0 Å². The summed E-state index contributed by atoms with van der Waals surface area (Å²) in [5.74, 6) is -0.331. The standard InChI is InChI=1S/C14H11NO4S2/c1-21(17,18)12-6-7-20-14(12)15-13(16)11-8-9-4-2-3-5-10(9)19-11/h2-8H,1H3,(H,15,16). The maximum atomic E-state index is 12.2. The first kappa shape index (κ1) is 13.8. The minimum atomic E-state index is -3.38. The lowest BCUT2D eigenvalue weighted by Gasteiger charge is -2.02. The quantitative estimate of drug-likeness (QED) is 0.804. The SMILES string of the molecule is CS(=O)(=O)c1ccsc1NC(=O)c1cc2ccccc2o1. The molecule has 0 unspecified atom stereocenters. The second kappa shape index (κ2) is 5.01. The first-order chi connectivity index (χ1) is 9.95. The van der Waals surface area contributed by atoms with E-state index in [-0.39, 0.29) is 10.7 Å². The van der Waals surface area contributed by atoms with Gasteiger partial charge in [-0.15, -0.1) is 11.3 Å². The zero-order valence-electron chi connectivity index (χ0n) is 11.0. The molecule has 7 heteroatoms. The monoisotopic (exact) mass is 321 g/mol. The summed E-state index contributed by atoms with van der Waals surface area (Å²) in [7, 11) is -3.38. The molecular formula is C14H11NO4S2. The first-order valence-corrected chi connectivity index (χ1v) is 8.80. The van der Waals surface area contributed by atoms with E-state index in [1.54, 1.807) is 17.5 Å². The fourth-order valence-corrected chi connectivity index (χ4v) is 4.00. The van der Waals surface area contributed by atoms with Gasteiger partial charge in [-0.05, 0) is 23.6 Å². The van der Waals surface area contributed by atoms with Crippen LogP contribution in [-0.2, 0) is 9.84 Å². The molecule has 0 atom stereocenters. The Balaban J connectivity index is 1.92. The van der Waals surface area contributed by atoms with Crippen LogP contribution in [0.1, 0.15) is 10.6 Å². The molecule has 0 radical (unpaired) electrons. The Bertz CT molecular complexity index is 888. The summed E-state index contributed by atoms with van der Waals surface area (Å²) in [6.07, 6.45) is 1.10. The third kappa shape index (κ3) is 2.70. The van der Waals surface area contributed by atoms with Gasteiger partial charge >= 0.3 is 0 Å². The lowest BCUT2D eigenvalue weighted by Crippen LogP contribution is -2.12. The van der Waals surface area contributed by atoms with Gasteiger partial charge in [0.1, 0.15) is 15.5 Å². The van der Waals surface area contributed by atoms with Crippen LogP contribution in [0.15, 0.2) is 51.1 Å². The number of fused-ring (bicyclic) bond motifs is 1. The van der Waals surface area contributed by atoms with Gasteiger partial charge < -0.3 is 9.73 Å². The topological polar surface area (TPSA) is 76.4 Å². The van der Waals surface area contributed by atoms with E-state index in [1.165, 1.54) is 6.07 Å². The number of para-hydroxylation sites is 1. The Labute approximate surface area is 125 Å². The summed E-state index contributed by atoms with van der Waals surface area (Å²) in [6.45, 7) is 0. The average molecular weight is 321 g/mol. The molecule has 108 valence electrons. The average Bonchev–Trinajstić information content (AvgIpc) is 3.03. The molecule has 0 aliphatic carbocycles. The Hall–Kier alpha value is -2.12. The van der Waals surface area contributed by atoms with Gasteiger partial charge in [-0.2, -0.15) is 0 Å². The predicted octanol–water partition coefficient (Wildman–Crippen LogP) is 3.15. The summed E-state index contributed by atoms with van der Waals surface area (Å²) in [4.78, 5) is 12.3. The van der Waals surface area contributed by atoms with Crippen molar-refractivity contribution in [2.45, 2.75) is 4.90 Å². The molecule has 1 aromatic carbocycles. The van der Waals surface area contributed by atoms with E-state index in [0.717, 1.165) is 23.0 Å². The Morgan fingerprint density at radius 3 is 2.71 bits per heavy atom. The van der Waals surface area contributed by atoms with E-state index in [0.29, 0.717) is 10.6 Å². The van der Waals surface area contributed by atoms with Gasteiger partial charge in [0.2, 0.25) is 0 Å². The van der Waals surface area contributed by atoms with Crippen molar-refractivity contribution in [1.29, 1.82) is 0 Å². The van der Waals surface area contributed by atoms with Crippen LogP contribution in [-0.4, -0.2) is 20.6 Å². The van der Waals surface area contributed by atoms with Crippen molar-refractivity contribution < 1.29 is 17.6 Å². The fourth-order valence-electron chi connectivity index (χ4n) is 1.94. The smallest absolute Gasteiger partial charge is 0.292 e. The molecular weight excluding hydrogens is 310 g/mol. The molecule has 1 amide bonds. The van der Waals surface area contributed by atoms with Crippen LogP contribution in [0.25, 0.3) is 11.0 Å². The van der Waals surface area contributed by atoms with Crippen LogP contribution in [0.5, 0.6) is 0 Å². The van der Waals surface area contributed by atoms with Gasteiger partial charge in [0.25, 0.3) is 5.91 Å². The highest BCUT2D eigenvalue weighted by atomic mass is 32.2. The van der Waals surface area contributed by atoms with Crippen molar-refractivity contribution in [2.24, 2.45) is 0 Å². The van der Waals surface area contributed by atoms with Crippen molar-refractivity contribution in [3.63, 3.8) is 0 Å². The number of amides is 1. The van der Waals surface area contributed by atoms with E-state index in [4.69, 9.17) is 4.42 Å². The van der Waals surface area contributed by atoms with Crippen LogP contribution >= 0.6 is 11.3 Å². The van der Waals surface area contributed by atoms with Crippen molar-refractivity contribution >= 4 is 43.1 Å². The summed E-state index contributed by atoms with van der Waals surface area (Å²) in [6, 6.07) is 10.4. The van der Waals surface area contributed by atoms with E-state index in [1.807, 2.05) is 18.2 Å². The van der Waals surface area contributed by atoms with Crippen LogP contribution < -0.4 is 5.32 Å². The second-order valence-electron chi connectivity index (χ2n) is 4.49. The summed E-state index contributed by atoms with van der Waals surface area (Å²) in [5.41, 5.74) is 0.608. The summed E-state index contributed by atoms with van der Waals surface area (Å²) >= 11 is 1.15.